The lowest BCUT2D eigenvalue weighted by Gasteiger charge is -2.42. The van der Waals surface area contributed by atoms with E-state index >= 15 is 0 Å². The second kappa shape index (κ2) is 19.2. The smallest absolute Gasteiger partial charge is 0.475 e. The lowest BCUT2D eigenvalue weighted by Crippen LogP contribution is -2.57. The van der Waals surface area contributed by atoms with Crippen molar-refractivity contribution >= 4 is 68.5 Å². The first-order chi connectivity index (χ1) is 22.6. The molecule has 21 heteroatoms. The third-order valence-electron chi connectivity index (χ3n) is 7.28. The minimum atomic E-state index is -5.08. The second-order valence-electron chi connectivity index (χ2n) is 10.4. The Labute approximate surface area is 293 Å². The molecule has 2 aromatic rings. The van der Waals surface area contributed by atoms with Gasteiger partial charge in [-0.25, -0.2) is 34.3 Å². The number of rotatable bonds is 7. The van der Waals surface area contributed by atoms with Crippen molar-refractivity contribution in [3.63, 3.8) is 0 Å². The Morgan fingerprint density at radius 2 is 1.42 bits per heavy atom. The first-order valence-electron chi connectivity index (χ1n) is 14.8. The van der Waals surface area contributed by atoms with Crippen LogP contribution in [0.3, 0.4) is 0 Å². The van der Waals surface area contributed by atoms with Crippen LogP contribution in [0.2, 0.25) is 6.82 Å². The van der Waals surface area contributed by atoms with Gasteiger partial charge in [0, 0.05) is 51.4 Å². The van der Waals surface area contributed by atoms with Crippen molar-refractivity contribution in [1.29, 1.82) is 0 Å². The number of alkyl halides is 3. The largest absolute Gasteiger partial charge is 0.490 e. The number of aliphatic carboxylic acids is 1. The Morgan fingerprint density at radius 3 is 1.79 bits per heavy atom. The van der Waals surface area contributed by atoms with Gasteiger partial charge in [0.05, 0.1) is 26.6 Å². The molecule has 0 unspecified atom stereocenters. The van der Waals surface area contributed by atoms with Crippen molar-refractivity contribution in [1.82, 2.24) is 30.1 Å². The average Bonchev–Trinajstić information content (AvgIpc) is 3.07. The summed E-state index contributed by atoms with van der Waals surface area (Å²) in [6.45, 7) is 11.0. The van der Waals surface area contributed by atoms with Crippen molar-refractivity contribution < 1.29 is 47.2 Å². The molecule has 266 valence electrons. The van der Waals surface area contributed by atoms with Gasteiger partial charge in [0.25, 0.3) is 0 Å². The fraction of sp³-hybridized carbons (Fsp3) is 0.593. The van der Waals surface area contributed by atoms with Crippen molar-refractivity contribution in [2.75, 3.05) is 63.3 Å². The predicted molar refractivity (Wildman–Crippen MR) is 177 cm³/mol. The molecule has 0 radical (unpaired) electrons. The van der Waals surface area contributed by atoms with Gasteiger partial charge in [-0.2, -0.15) is 13.2 Å². The number of hydrogen-bond donors (Lipinski definition) is 3. The van der Waals surface area contributed by atoms with Gasteiger partial charge < -0.3 is 39.5 Å². The van der Waals surface area contributed by atoms with Crippen LogP contribution in [0, 0.1) is 0 Å². The highest BCUT2D eigenvalue weighted by molar-refractivity contribution is 9.10. The zero-order valence-electron chi connectivity index (χ0n) is 27.0. The van der Waals surface area contributed by atoms with E-state index in [1.807, 2.05) is 0 Å². The van der Waals surface area contributed by atoms with E-state index in [1.165, 1.54) is 26.6 Å². The summed E-state index contributed by atoms with van der Waals surface area (Å²) < 4.78 is 42.1. The lowest BCUT2D eigenvalue weighted by atomic mass is 9.81. The molecule has 0 amide bonds. The Kier molecular flexibility index (Phi) is 16.4. The normalized spacial score (nSPS) is 18.1. The molecular weight excluding hydrogens is 776 g/mol. The lowest BCUT2D eigenvalue weighted by molar-refractivity contribution is -0.192. The molecule has 2 saturated heterocycles. The van der Waals surface area contributed by atoms with Crippen LogP contribution in [0.25, 0.3) is 0 Å². The molecule has 4 rings (SSSR count). The van der Waals surface area contributed by atoms with Crippen LogP contribution in [0.1, 0.15) is 47.7 Å². The Hall–Kier alpha value is -3.14. The molecule has 2 aromatic heterocycles. The molecule has 2 aliphatic rings. The number of carbonyl (C=O) groups is 3. The van der Waals surface area contributed by atoms with E-state index in [2.05, 4.69) is 95.0 Å². The van der Waals surface area contributed by atoms with Crippen LogP contribution in [0.4, 0.5) is 24.8 Å². The maximum absolute atomic E-state index is 11.5. The number of anilines is 2. The zero-order chi connectivity index (χ0) is 36.2. The average molecular weight is 814 g/mol. The summed E-state index contributed by atoms with van der Waals surface area (Å²) in [7, 11) is 2.18. The molecule has 0 bridgehead atoms. The summed E-state index contributed by atoms with van der Waals surface area (Å²) in [5, 5.41) is 20.4. The second-order valence-corrected chi connectivity index (χ2v) is 11.9. The van der Waals surface area contributed by atoms with Crippen LogP contribution in [-0.4, -0.2) is 132 Å². The summed E-state index contributed by atoms with van der Waals surface area (Å²) in [4.78, 5) is 55.2. The van der Waals surface area contributed by atoms with Gasteiger partial charge >= 0.3 is 31.1 Å². The van der Waals surface area contributed by atoms with Gasteiger partial charge in [0.15, 0.2) is 23.0 Å². The van der Waals surface area contributed by atoms with Crippen LogP contribution in [-0.2, 0) is 14.3 Å². The fourth-order valence-electron chi connectivity index (χ4n) is 4.76. The summed E-state index contributed by atoms with van der Waals surface area (Å²) >= 11 is 6.76. The maximum Gasteiger partial charge on any atom is 0.490 e. The van der Waals surface area contributed by atoms with Crippen molar-refractivity contribution in [2.45, 2.75) is 51.8 Å². The number of carbonyl (C=O) groups excluding carboxylic acids is 2. The first-order valence-corrected chi connectivity index (χ1v) is 16.3. The quantitative estimate of drug-likeness (QED) is 0.274. The summed E-state index contributed by atoms with van der Waals surface area (Å²) in [6.07, 6.45) is -0.197. The highest BCUT2D eigenvalue weighted by Crippen LogP contribution is 2.26. The van der Waals surface area contributed by atoms with E-state index in [0.717, 1.165) is 57.9 Å². The Balaban J connectivity index is 0.000000281. The van der Waals surface area contributed by atoms with Gasteiger partial charge in [-0.15, -0.1) is 0 Å². The monoisotopic (exact) mass is 812 g/mol. The number of carboxylic acid groups (broad SMARTS) is 1. The highest BCUT2D eigenvalue weighted by atomic mass is 79.9. The Bertz CT molecular complexity index is 1400. The van der Waals surface area contributed by atoms with E-state index in [1.54, 1.807) is 6.82 Å². The van der Waals surface area contributed by atoms with E-state index in [9.17, 15) is 27.8 Å². The third-order valence-corrected chi connectivity index (χ3v) is 8.35. The Morgan fingerprint density at radius 1 is 0.938 bits per heavy atom. The number of ether oxygens (including phenoxy) is 2. The molecule has 2 atom stereocenters. The van der Waals surface area contributed by atoms with E-state index in [4.69, 9.17) is 9.90 Å². The number of esters is 2. The SMILES string of the molecule is CC[C@H]1CN(c2ncc(C(=O)OC)nc2Br)CCN1.CC[C@H]1CN(c2ncc(C(=O)OC)nc2Br)CCN1B(C)O.O=C(O)C(F)(F)F. The van der Waals surface area contributed by atoms with E-state index in [0.29, 0.717) is 21.1 Å². The molecule has 0 aliphatic carbocycles. The summed E-state index contributed by atoms with van der Waals surface area (Å²) in [5.41, 5.74) is 0.382. The summed E-state index contributed by atoms with van der Waals surface area (Å²) in [5.74, 6) is -2.27. The fourth-order valence-corrected chi connectivity index (χ4v) is 5.85. The van der Waals surface area contributed by atoms with Crippen LogP contribution in [0.15, 0.2) is 21.6 Å². The van der Waals surface area contributed by atoms with Gasteiger partial charge in [0.2, 0.25) is 0 Å². The molecule has 15 nitrogen and oxygen atoms in total. The number of methoxy groups -OCH3 is 2. The molecular formula is C27H38BBr2F3N8O7. The van der Waals surface area contributed by atoms with E-state index in [-0.39, 0.29) is 17.4 Å². The predicted octanol–water partition coefficient (Wildman–Crippen LogP) is 2.88. The number of nitrogens with one attached hydrogen (secondary N) is 1. The van der Waals surface area contributed by atoms with Gasteiger partial charge in [-0.3, -0.25) is 0 Å². The topological polar surface area (TPSA) is 183 Å². The number of hydrogen-bond acceptors (Lipinski definition) is 14. The standard InChI is InChI=1S/C13H20BBrN4O3.C12H17BrN4O2.C2HF3O2/c1-4-9-8-18(5-6-19(9)14(2)21)12-11(15)17-10(7-16-12)13(20)22-3;1-3-8-7-17(5-4-14-8)11-10(13)16-9(6-15-11)12(18)19-2;3-2(4,5)1(6)7/h7,9,21H,4-6,8H2,1-3H3;6,8,14H,3-5,7H2,1-2H3;(H,6,7)/t9-;8-;/m00./s1. The van der Waals surface area contributed by atoms with Gasteiger partial charge in [-0.1, -0.05) is 13.8 Å². The molecule has 2 aliphatic heterocycles. The zero-order valence-corrected chi connectivity index (χ0v) is 30.2. The molecule has 2 fully saturated rings. The molecule has 3 N–H and O–H groups in total. The number of carboxylic acids is 1. The summed E-state index contributed by atoms with van der Waals surface area (Å²) in [6, 6.07) is 0.713. The molecule has 0 aromatic carbocycles. The van der Waals surface area contributed by atoms with Gasteiger partial charge in [-0.05, 0) is 51.5 Å². The van der Waals surface area contributed by atoms with Crippen LogP contribution >= 0.6 is 31.9 Å². The molecule has 0 spiro atoms. The number of aromatic nitrogens is 4. The number of nitrogens with zero attached hydrogens (tertiary/aromatic N) is 7. The van der Waals surface area contributed by atoms with Crippen LogP contribution in [0.5, 0.6) is 0 Å². The van der Waals surface area contributed by atoms with Crippen molar-refractivity contribution in [3.05, 3.63) is 33.0 Å². The minimum absolute atomic E-state index is 0.174. The molecule has 4 heterocycles. The minimum Gasteiger partial charge on any atom is -0.475 e. The number of piperazine rings is 2. The highest BCUT2D eigenvalue weighted by Gasteiger charge is 2.38. The van der Waals surface area contributed by atoms with Crippen molar-refractivity contribution in [2.24, 2.45) is 0 Å². The molecule has 0 saturated carbocycles. The van der Waals surface area contributed by atoms with Gasteiger partial charge in [0.1, 0.15) is 9.21 Å². The third kappa shape index (κ3) is 11.8. The van der Waals surface area contributed by atoms with Crippen LogP contribution < -0.4 is 15.1 Å². The maximum atomic E-state index is 11.5. The van der Waals surface area contributed by atoms with Crippen molar-refractivity contribution in [3.8, 4) is 0 Å². The van der Waals surface area contributed by atoms with E-state index < -0.39 is 31.1 Å². The number of halogens is 5. The molecule has 48 heavy (non-hydrogen) atoms. The first kappa shape index (κ1) is 41.0.